The lowest BCUT2D eigenvalue weighted by Crippen LogP contribution is -1.91. The highest BCUT2D eigenvalue weighted by Gasteiger charge is 2.02. The first kappa shape index (κ1) is 16.4. The molecule has 0 saturated heterocycles. The van der Waals surface area contributed by atoms with E-state index in [1.54, 1.807) is 12.1 Å². The number of nitrogens with one attached hydrogen (secondary N) is 1. The Morgan fingerprint density at radius 2 is 1.33 bits per heavy atom. The van der Waals surface area contributed by atoms with Gasteiger partial charge in [0.2, 0.25) is 5.39 Å². The van der Waals surface area contributed by atoms with Crippen LogP contribution >= 0.6 is 0 Å². The first-order chi connectivity index (χ1) is 9.78. The summed E-state index contributed by atoms with van der Waals surface area (Å²) in [6, 6.07) is 14.6. The third kappa shape index (κ3) is 7.48. The number of nitrogens with two attached hydrogens (primary N) is 1. The molecule has 2 aromatic rings. The van der Waals surface area contributed by atoms with Crippen LogP contribution in [-0.4, -0.2) is 17.5 Å². The molecule has 2 aromatic carbocycles. The third-order valence-corrected chi connectivity index (χ3v) is 2.18. The number of anilines is 3. The van der Waals surface area contributed by atoms with Gasteiger partial charge in [-0.15, -0.1) is 0 Å². The van der Waals surface area contributed by atoms with E-state index in [0.717, 1.165) is 17.1 Å². The summed E-state index contributed by atoms with van der Waals surface area (Å²) in [5.41, 5.74) is 8.75. The molecule has 0 aromatic heterocycles. The second kappa shape index (κ2) is 7.20. The zero-order valence-electron chi connectivity index (χ0n) is 10.6. The Hall–Kier alpha value is -2.67. The minimum atomic E-state index is -5.17. The van der Waals surface area contributed by atoms with Gasteiger partial charge in [-0.2, -0.15) is 0 Å². The van der Waals surface area contributed by atoms with Crippen LogP contribution in [0.5, 0.6) is 0 Å². The lowest BCUT2D eigenvalue weighted by molar-refractivity contribution is 0.352. The van der Waals surface area contributed by atoms with Gasteiger partial charge in [-0.05, 0) is 36.4 Å². The highest BCUT2D eigenvalue weighted by atomic mass is 32.3. The molecule has 0 spiro atoms. The van der Waals surface area contributed by atoms with Crippen molar-refractivity contribution >= 4 is 33.1 Å². The monoisotopic (exact) mass is 307 g/mol. The van der Waals surface area contributed by atoms with Crippen molar-refractivity contribution in [3.8, 4) is 0 Å². The maximum absolute atomic E-state index is 8.54. The summed E-state index contributed by atoms with van der Waals surface area (Å²) in [6.45, 7) is 0. The van der Waals surface area contributed by atoms with E-state index in [1.807, 2.05) is 36.4 Å². The zero-order valence-corrected chi connectivity index (χ0v) is 11.4. The van der Waals surface area contributed by atoms with Crippen LogP contribution in [0.4, 0.5) is 22.7 Å². The van der Waals surface area contributed by atoms with Gasteiger partial charge in [0, 0.05) is 39.6 Å². The van der Waals surface area contributed by atoms with Crippen LogP contribution in [0.1, 0.15) is 0 Å². The number of nitrogen functional groups attached to an aromatic ring is 1. The molecule has 8 nitrogen and oxygen atoms in total. The topological polar surface area (TPSA) is 146 Å². The second-order valence-corrected chi connectivity index (χ2v) is 4.62. The minimum absolute atomic E-state index is 0.530. The van der Waals surface area contributed by atoms with Crippen molar-refractivity contribution in [2.75, 3.05) is 11.1 Å². The van der Waals surface area contributed by atoms with Gasteiger partial charge in [0.15, 0.2) is 4.98 Å². The van der Waals surface area contributed by atoms with Crippen molar-refractivity contribution in [2.24, 2.45) is 0 Å². The van der Waals surface area contributed by atoms with Crippen LogP contribution in [-0.2, 0) is 10.4 Å². The Morgan fingerprint density at radius 3 is 1.71 bits per heavy atom. The molecule has 0 amide bonds. The number of hydrogen-bond donors (Lipinski definition) is 2. The van der Waals surface area contributed by atoms with Crippen molar-refractivity contribution in [3.63, 3.8) is 0 Å². The Labute approximate surface area is 121 Å². The molecule has 0 bridgehead atoms. The number of nitrogens with zero attached hydrogens (tertiary/aromatic N) is 2. The smallest absolute Gasteiger partial charge is 0.385 e. The summed E-state index contributed by atoms with van der Waals surface area (Å²) in [5.74, 6) is 0. The first-order valence-corrected chi connectivity index (χ1v) is 6.86. The summed E-state index contributed by atoms with van der Waals surface area (Å²) >= 11 is 0. The number of rotatable bonds is 2. The lowest BCUT2D eigenvalue weighted by atomic mass is 10.2. The van der Waals surface area contributed by atoms with Crippen LogP contribution < -0.4 is 11.1 Å². The molecule has 0 atom stereocenters. The Kier molecular flexibility index (Phi) is 5.62. The highest BCUT2D eigenvalue weighted by Crippen LogP contribution is 2.20. The number of diazo groups is 1. The van der Waals surface area contributed by atoms with Crippen molar-refractivity contribution in [1.82, 2.24) is 0 Å². The summed E-state index contributed by atoms with van der Waals surface area (Å²) in [6.07, 6.45) is 0. The van der Waals surface area contributed by atoms with E-state index in [0.29, 0.717) is 5.69 Å². The molecule has 0 aliphatic heterocycles. The van der Waals surface area contributed by atoms with Gasteiger partial charge in [-0.1, -0.05) is 0 Å². The van der Waals surface area contributed by atoms with Crippen LogP contribution in [0.25, 0.3) is 4.98 Å². The molecule has 0 heterocycles. The molecule has 0 aliphatic rings. The molecular weight excluding hydrogens is 296 g/mol. The molecular formula is C12H11N4O4S-. The number of hydrogen-bond acceptors (Lipinski definition) is 7. The van der Waals surface area contributed by atoms with Crippen molar-refractivity contribution in [3.05, 3.63) is 53.5 Å². The second-order valence-electron chi connectivity index (χ2n) is 3.80. The van der Waals surface area contributed by atoms with Crippen molar-refractivity contribution in [2.45, 2.75) is 0 Å². The fourth-order valence-corrected chi connectivity index (χ4v) is 1.34. The van der Waals surface area contributed by atoms with Gasteiger partial charge >= 0.3 is 5.69 Å². The molecule has 110 valence electrons. The lowest BCUT2D eigenvalue weighted by Gasteiger charge is -2.06. The van der Waals surface area contributed by atoms with E-state index >= 15 is 0 Å². The molecule has 0 fully saturated rings. The Bertz CT molecular complexity index is 713. The molecule has 0 aliphatic carbocycles. The molecule has 3 N–H and O–H groups in total. The standard InChI is InChI=1S/C12H10N4.H2O4S/c13-9-1-3-10(4-2-9)15-11-5-7-12(16-14)8-6-11;1-5(2,3)4/h1-8,13-14H;(H2,1,2,3,4)/p-1. The van der Waals surface area contributed by atoms with Crippen LogP contribution in [0.3, 0.4) is 0 Å². The van der Waals surface area contributed by atoms with Gasteiger partial charge in [-0.3, -0.25) is 8.42 Å². The Balaban J connectivity index is 0.000000383. The normalized spacial score (nSPS) is 9.95. The summed E-state index contributed by atoms with van der Waals surface area (Å²) in [4.78, 5) is 3.09. The average molecular weight is 307 g/mol. The Morgan fingerprint density at radius 1 is 0.952 bits per heavy atom. The minimum Gasteiger partial charge on any atom is -0.759 e. The largest absolute Gasteiger partial charge is 0.759 e. The molecule has 9 heteroatoms. The van der Waals surface area contributed by atoms with E-state index in [1.165, 1.54) is 0 Å². The number of benzene rings is 2. The van der Waals surface area contributed by atoms with Gasteiger partial charge in [0.1, 0.15) is 0 Å². The van der Waals surface area contributed by atoms with Crippen molar-refractivity contribution < 1.29 is 17.5 Å². The summed E-state index contributed by atoms with van der Waals surface area (Å²) < 4.78 is 34.1. The van der Waals surface area contributed by atoms with Crippen molar-refractivity contribution in [1.29, 1.82) is 5.39 Å². The van der Waals surface area contributed by atoms with E-state index in [-0.39, 0.29) is 0 Å². The van der Waals surface area contributed by atoms with Gasteiger partial charge in [0.25, 0.3) is 0 Å². The molecule has 21 heavy (non-hydrogen) atoms. The molecule has 0 unspecified atom stereocenters. The molecule has 0 saturated carbocycles. The summed E-state index contributed by atoms with van der Waals surface area (Å²) in [7, 11) is -5.17. The van der Waals surface area contributed by atoms with Gasteiger partial charge in [0.05, 0.1) is 0 Å². The predicted octanol–water partition coefficient (Wildman–Crippen LogP) is 2.16. The molecule has 0 radical (unpaired) electrons. The molecule has 2 rings (SSSR count). The van der Waals surface area contributed by atoms with Crippen LogP contribution in [0.15, 0.2) is 48.5 Å². The fourth-order valence-electron chi connectivity index (χ4n) is 1.34. The van der Waals surface area contributed by atoms with E-state index in [4.69, 9.17) is 28.6 Å². The van der Waals surface area contributed by atoms with E-state index in [2.05, 4.69) is 10.3 Å². The maximum atomic E-state index is 8.54. The summed E-state index contributed by atoms with van der Waals surface area (Å²) in [5, 5.41) is 11.7. The zero-order chi connectivity index (χ0) is 15.9. The van der Waals surface area contributed by atoms with Crippen LogP contribution in [0, 0.1) is 5.39 Å². The van der Waals surface area contributed by atoms with Gasteiger partial charge in [-0.25, -0.2) is 0 Å². The average Bonchev–Trinajstić information content (AvgIpc) is 2.40. The van der Waals surface area contributed by atoms with E-state index < -0.39 is 10.4 Å². The third-order valence-electron chi connectivity index (χ3n) is 2.18. The maximum Gasteiger partial charge on any atom is 0.385 e. The SMILES string of the molecule is N#[N+]c1ccc(Nc2ccc(N)cc2)cc1.O=S(=O)([O-])[O-]. The van der Waals surface area contributed by atoms with E-state index in [9.17, 15) is 0 Å². The quantitative estimate of drug-likeness (QED) is 0.374. The fraction of sp³-hybridized carbons (Fsp3) is 0. The first-order valence-electron chi connectivity index (χ1n) is 5.52. The predicted molar refractivity (Wildman–Crippen MR) is 75.8 cm³/mol. The highest BCUT2D eigenvalue weighted by molar-refractivity contribution is 7.79. The van der Waals surface area contributed by atoms with Gasteiger partial charge < -0.3 is 20.2 Å². The van der Waals surface area contributed by atoms with Crippen LogP contribution in [0.2, 0.25) is 0 Å².